The van der Waals surface area contributed by atoms with Gasteiger partial charge in [-0.25, -0.2) is 19.9 Å². The molecule has 2 N–H and O–H groups in total. The van der Waals surface area contributed by atoms with Gasteiger partial charge in [0.05, 0.1) is 18.0 Å². The Kier molecular flexibility index (Phi) is 13.3. The molecule has 3 aromatic carbocycles. The van der Waals surface area contributed by atoms with E-state index in [0.717, 1.165) is 52.6 Å². The normalized spacial score (nSPS) is 14.6. The Hall–Kier alpha value is -4.45. The summed E-state index contributed by atoms with van der Waals surface area (Å²) < 4.78 is 18.4. The summed E-state index contributed by atoms with van der Waals surface area (Å²) in [6.07, 6.45) is 2.39. The van der Waals surface area contributed by atoms with Gasteiger partial charge >= 0.3 is 12.1 Å². The predicted octanol–water partition coefficient (Wildman–Crippen LogP) is 9.16. The zero-order valence-electron chi connectivity index (χ0n) is 31.0. The molecule has 2 atom stereocenters. The number of ether oxygens (including phenoxy) is 3. The molecular weight excluding hydrogens is 679 g/mol. The maximum absolute atomic E-state index is 13.8. The van der Waals surface area contributed by atoms with Gasteiger partial charge in [-0.05, 0) is 106 Å². The summed E-state index contributed by atoms with van der Waals surface area (Å²) in [6.45, 7) is 12.5. The van der Waals surface area contributed by atoms with E-state index in [9.17, 15) is 14.4 Å². The monoisotopic (exact) mass is 729 g/mol. The minimum atomic E-state index is -0.981. The van der Waals surface area contributed by atoms with Gasteiger partial charge < -0.3 is 19.5 Å². The van der Waals surface area contributed by atoms with Gasteiger partial charge in [0, 0.05) is 16.9 Å². The fourth-order valence-corrected chi connectivity index (χ4v) is 6.93. The number of fused-ring (bicyclic) bond motifs is 1. The minimum Gasteiger partial charge on any atom is -0.461 e. The first-order chi connectivity index (χ1) is 24.8. The van der Waals surface area contributed by atoms with Gasteiger partial charge in [0.1, 0.15) is 11.7 Å². The Morgan fingerprint density at radius 1 is 0.904 bits per heavy atom. The van der Waals surface area contributed by atoms with Crippen molar-refractivity contribution in [2.24, 2.45) is 5.92 Å². The number of nitrogens with zero attached hydrogens (tertiary/aromatic N) is 1. The molecule has 1 heterocycles. The van der Waals surface area contributed by atoms with E-state index >= 15 is 0 Å². The largest absolute Gasteiger partial charge is 0.461 e. The number of hydrogen-bond acceptors (Lipinski definition) is 9. The summed E-state index contributed by atoms with van der Waals surface area (Å²) in [4.78, 5) is 47.8. The molecule has 11 heteroatoms. The van der Waals surface area contributed by atoms with Crippen LogP contribution in [-0.2, 0) is 36.9 Å². The molecular formula is C41H51N3O7S. The Balaban J connectivity index is 1.29. The highest BCUT2D eigenvalue weighted by atomic mass is 32.1. The lowest BCUT2D eigenvalue weighted by Crippen LogP contribution is -2.43. The maximum atomic E-state index is 13.8. The number of amides is 2. The van der Waals surface area contributed by atoms with E-state index in [2.05, 4.69) is 16.9 Å². The van der Waals surface area contributed by atoms with Crippen LogP contribution in [0.1, 0.15) is 99.6 Å². The molecule has 0 aliphatic heterocycles. The van der Waals surface area contributed by atoms with Crippen molar-refractivity contribution in [3.05, 3.63) is 100 Å². The second-order valence-corrected chi connectivity index (χ2v) is 15.7. The quantitative estimate of drug-likeness (QED) is 0.0708. The second kappa shape index (κ2) is 17.9. The van der Waals surface area contributed by atoms with Crippen molar-refractivity contribution in [2.45, 2.75) is 104 Å². The van der Waals surface area contributed by atoms with Crippen LogP contribution in [-0.4, -0.2) is 47.5 Å². The molecule has 0 saturated heterocycles. The lowest BCUT2D eigenvalue weighted by Gasteiger charge is -2.33. The van der Waals surface area contributed by atoms with Crippen molar-refractivity contribution in [1.29, 1.82) is 0 Å². The van der Waals surface area contributed by atoms with E-state index in [0.29, 0.717) is 29.5 Å². The first-order valence-corrected chi connectivity index (χ1v) is 18.8. The summed E-state index contributed by atoms with van der Waals surface area (Å²) >= 11 is 1.39. The number of hydrogen-bond donors (Lipinski definition) is 2. The van der Waals surface area contributed by atoms with Gasteiger partial charge in [0.2, 0.25) is 0 Å². The van der Waals surface area contributed by atoms with E-state index in [1.165, 1.54) is 16.2 Å². The molecule has 2 amide bonds. The zero-order chi connectivity index (χ0) is 37.3. The number of thiophene rings is 1. The van der Waals surface area contributed by atoms with Crippen LogP contribution in [0.25, 0.3) is 10.1 Å². The third-order valence-corrected chi connectivity index (χ3v) is 9.53. The highest BCUT2D eigenvalue weighted by Crippen LogP contribution is 2.31. The first kappa shape index (κ1) is 38.8. The first-order valence-electron chi connectivity index (χ1n) is 18.0. The lowest BCUT2D eigenvalue weighted by atomic mass is 10.0. The third kappa shape index (κ3) is 11.3. The van der Waals surface area contributed by atoms with Crippen molar-refractivity contribution >= 4 is 45.1 Å². The highest BCUT2D eigenvalue weighted by Gasteiger charge is 2.37. The smallest absolute Gasteiger partial charge is 0.411 e. The second-order valence-electron chi connectivity index (χ2n) is 14.6. The van der Waals surface area contributed by atoms with Crippen LogP contribution >= 0.6 is 11.3 Å². The zero-order valence-corrected chi connectivity index (χ0v) is 31.8. The molecule has 52 heavy (non-hydrogen) atoms. The Morgan fingerprint density at radius 2 is 1.65 bits per heavy atom. The van der Waals surface area contributed by atoms with Crippen LogP contribution in [0.5, 0.6) is 0 Å². The van der Waals surface area contributed by atoms with Crippen molar-refractivity contribution in [2.75, 3.05) is 11.9 Å². The molecule has 5 rings (SSSR count). The molecule has 2 unspecified atom stereocenters. The summed E-state index contributed by atoms with van der Waals surface area (Å²) in [5.74, 6) is -0.414. The van der Waals surface area contributed by atoms with E-state index in [-0.39, 0.29) is 18.6 Å². The molecule has 1 fully saturated rings. The summed E-state index contributed by atoms with van der Waals surface area (Å²) in [7, 11) is 0. The molecule has 0 spiro atoms. The average molecular weight is 730 g/mol. The molecule has 1 saturated carbocycles. The van der Waals surface area contributed by atoms with Gasteiger partial charge in [-0.1, -0.05) is 68.4 Å². The van der Waals surface area contributed by atoms with Crippen molar-refractivity contribution in [1.82, 2.24) is 10.4 Å². The Bertz CT molecular complexity index is 1800. The van der Waals surface area contributed by atoms with Crippen LogP contribution in [0.3, 0.4) is 0 Å². The van der Waals surface area contributed by atoms with E-state index in [1.807, 2.05) is 107 Å². The molecule has 1 aliphatic carbocycles. The van der Waals surface area contributed by atoms with Crippen molar-refractivity contribution < 1.29 is 33.4 Å². The Morgan fingerprint density at radius 3 is 2.37 bits per heavy atom. The minimum absolute atomic E-state index is 0.127. The molecule has 4 aromatic rings. The van der Waals surface area contributed by atoms with E-state index in [4.69, 9.17) is 19.0 Å². The topological polar surface area (TPSA) is 115 Å². The fourth-order valence-electron chi connectivity index (χ4n) is 5.92. The number of carbonyl (C=O) groups excluding carboxylic acids is 3. The highest BCUT2D eigenvalue weighted by molar-refractivity contribution is 7.20. The van der Waals surface area contributed by atoms with Crippen LogP contribution in [0.15, 0.2) is 78.9 Å². The molecule has 278 valence electrons. The number of rotatable bonds is 15. The standard InChI is InChI=1S/C41H51N3O7S/c1-27(2)26-48-28(3)51-43-38(45)36-23-32-20-19-29(22-35(32)52-36)24-42-33-16-12-13-30(21-33)25-44(40(47)50-41(4,5)6)37(31-14-8-7-9-15-31)39(46)49-34-17-10-11-18-34/h7-9,12-16,19-23,27-28,34,37,42H,10-11,17-18,24-26H2,1-6H3,(H,43,45). The number of hydroxylamine groups is 1. The van der Waals surface area contributed by atoms with Gasteiger partial charge in [-0.3, -0.25) is 9.69 Å². The molecule has 0 bridgehead atoms. The van der Waals surface area contributed by atoms with Crippen molar-refractivity contribution in [3.8, 4) is 0 Å². The maximum Gasteiger partial charge on any atom is 0.411 e. The summed E-state index contributed by atoms with van der Waals surface area (Å²) in [5.41, 5.74) is 5.10. The fraction of sp³-hybridized carbons (Fsp3) is 0.439. The third-order valence-electron chi connectivity index (χ3n) is 8.43. The van der Waals surface area contributed by atoms with Crippen molar-refractivity contribution in [3.63, 3.8) is 0 Å². The Labute approximate surface area is 310 Å². The predicted molar refractivity (Wildman–Crippen MR) is 204 cm³/mol. The SMILES string of the molecule is CC(C)COC(C)ONC(=O)c1cc2ccc(CNc3cccc(CN(C(=O)OC(C)(C)C)C(C(=O)OC4CCCC4)c4ccccc4)c3)cc2s1. The number of benzene rings is 3. The average Bonchev–Trinajstić information content (AvgIpc) is 3.78. The number of anilines is 1. The molecule has 10 nitrogen and oxygen atoms in total. The van der Waals surface area contributed by atoms with Gasteiger partial charge in [-0.15, -0.1) is 11.3 Å². The van der Waals surface area contributed by atoms with Gasteiger partial charge in [-0.2, -0.15) is 0 Å². The number of carbonyl (C=O) groups is 3. The van der Waals surface area contributed by atoms with Crippen LogP contribution in [0.2, 0.25) is 0 Å². The summed E-state index contributed by atoms with van der Waals surface area (Å²) in [6, 6.07) is 24.0. The van der Waals surface area contributed by atoms with Crippen LogP contribution < -0.4 is 10.8 Å². The van der Waals surface area contributed by atoms with Gasteiger partial charge in [0.15, 0.2) is 12.3 Å². The van der Waals surface area contributed by atoms with E-state index in [1.54, 1.807) is 6.92 Å². The van der Waals surface area contributed by atoms with Crippen LogP contribution in [0, 0.1) is 5.92 Å². The number of esters is 1. The van der Waals surface area contributed by atoms with Gasteiger partial charge in [0.25, 0.3) is 5.91 Å². The number of nitrogens with one attached hydrogen (secondary N) is 2. The summed E-state index contributed by atoms with van der Waals surface area (Å²) in [5, 5.41) is 4.45. The molecule has 1 aliphatic rings. The molecule has 0 radical (unpaired) electrons. The molecule has 1 aromatic heterocycles. The van der Waals surface area contributed by atoms with E-state index < -0.39 is 30.0 Å². The lowest BCUT2D eigenvalue weighted by molar-refractivity contribution is -0.163. The van der Waals surface area contributed by atoms with Crippen LogP contribution in [0.4, 0.5) is 10.5 Å².